The second kappa shape index (κ2) is 10.5. The van der Waals surface area contributed by atoms with E-state index in [1.807, 2.05) is 31.2 Å². The van der Waals surface area contributed by atoms with Crippen LogP contribution in [-0.4, -0.2) is 41.9 Å². The molecule has 6 heteroatoms. The number of ether oxygens (including phenoxy) is 1. The number of phenols is 1. The molecule has 0 heterocycles. The maximum Gasteiger partial charge on any atom is 0.325 e. The number of nitrogens with one attached hydrogen (secondary N) is 2. The molecule has 2 rings (SSSR count). The number of aromatic hydroxyl groups is 1. The van der Waals surface area contributed by atoms with Crippen molar-refractivity contribution < 1.29 is 19.7 Å². The first-order valence-electron chi connectivity index (χ1n) is 9.18. The summed E-state index contributed by atoms with van der Waals surface area (Å²) in [6.07, 6.45) is 0.185. The standard InChI is InChI=1S/C21H28N2O4/c1-3-27-20(25)14-23-18-8-4-16(5-9-18)12-13-22-15(2)21(26)17-6-10-19(24)11-7-17/h4-11,15,21-24,26H,3,12-14H2,1-2H3/t15-,21+/m0/s1. The third kappa shape index (κ3) is 6.92. The highest BCUT2D eigenvalue weighted by Gasteiger charge is 2.15. The van der Waals surface area contributed by atoms with E-state index < -0.39 is 6.10 Å². The third-order valence-corrected chi connectivity index (χ3v) is 4.28. The molecular formula is C21H28N2O4. The smallest absolute Gasteiger partial charge is 0.325 e. The van der Waals surface area contributed by atoms with E-state index in [2.05, 4.69) is 10.6 Å². The summed E-state index contributed by atoms with van der Waals surface area (Å²) in [5.74, 6) is -0.0845. The molecule has 0 bridgehead atoms. The Hall–Kier alpha value is -2.57. The average molecular weight is 372 g/mol. The maximum atomic E-state index is 11.3. The van der Waals surface area contributed by atoms with Gasteiger partial charge in [0.15, 0.2) is 0 Å². The van der Waals surface area contributed by atoms with Crippen molar-refractivity contribution in [3.05, 3.63) is 59.7 Å². The largest absolute Gasteiger partial charge is 0.508 e. The van der Waals surface area contributed by atoms with Gasteiger partial charge < -0.3 is 25.6 Å². The number of aliphatic hydroxyl groups excluding tert-OH is 1. The highest BCUT2D eigenvalue weighted by Crippen LogP contribution is 2.19. The molecule has 27 heavy (non-hydrogen) atoms. The molecule has 6 nitrogen and oxygen atoms in total. The van der Waals surface area contributed by atoms with Crippen LogP contribution in [-0.2, 0) is 16.0 Å². The minimum Gasteiger partial charge on any atom is -0.508 e. The monoisotopic (exact) mass is 372 g/mol. The number of hydrogen-bond donors (Lipinski definition) is 4. The lowest BCUT2D eigenvalue weighted by Crippen LogP contribution is -2.33. The van der Waals surface area contributed by atoms with Crippen LogP contribution in [0.25, 0.3) is 0 Å². The Morgan fingerprint density at radius 2 is 1.78 bits per heavy atom. The van der Waals surface area contributed by atoms with Crippen molar-refractivity contribution in [2.45, 2.75) is 32.4 Å². The molecular weight excluding hydrogens is 344 g/mol. The Kier molecular flexibility index (Phi) is 8.10. The number of hydrogen-bond acceptors (Lipinski definition) is 6. The van der Waals surface area contributed by atoms with Crippen molar-refractivity contribution in [3.63, 3.8) is 0 Å². The van der Waals surface area contributed by atoms with E-state index in [9.17, 15) is 15.0 Å². The van der Waals surface area contributed by atoms with Crippen LogP contribution < -0.4 is 10.6 Å². The minimum absolute atomic E-state index is 0.111. The molecule has 0 saturated carbocycles. The van der Waals surface area contributed by atoms with Crippen molar-refractivity contribution in [1.29, 1.82) is 0 Å². The summed E-state index contributed by atoms with van der Waals surface area (Å²) < 4.78 is 4.88. The van der Waals surface area contributed by atoms with Crippen LogP contribution in [0.4, 0.5) is 5.69 Å². The van der Waals surface area contributed by atoms with Crippen LogP contribution in [0.5, 0.6) is 5.75 Å². The van der Waals surface area contributed by atoms with Crippen LogP contribution in [0.3, 0.4) is 0 Å². The topological polar surface area (TPSA) is 90.8 Å². The Balaban J connectivity index is 1.74. The van der Waals surface area contributed by atoms with Crippen molar-refractivity contribution in [2.24, 2.45) is 0 Å². The summed E-state index contributed by atoms with van der Waals surface area (Å²) in [5, 5.41) is 26.0. The summed E-state index contributed by atoms with van der Waals surface area (Å²) in [6.45, 7) is 4.98. The van der Waals surface area contributed by atoms with Gasteiger partial charge in [0.05, 0.1) is 12.7 Å². The normalized spacial score (nSPS) is 13.0. The molecule has 146 valence electrons. The van der Waals surface area contributed by atoms with E-state index in [-0.39, 0.29) is 24.3 Å². The zero-order valence-electron chi connectivity index (χ0n) is 15.8. The molecule has 0 aromatic heterocycles. The second-order valence-corrected chi connectivity index (χ2v) is 6.38. The molecule has 4 N–H and O–H groups in total. The predicted octanol–water partition coefficient (Wildman–Crippen LogP) is 2.62. The summed E-state index contributed by atoms with van der Waals surface area (Å²) in [4.78, 5) is 11.3. The van der Waals surface area contributed by atoms with E-state index in [1.165, 1.54) is 0 Å². The molecule has 2 atom stereocenters. The SMILES string of the molecule is CCOC(=O)CNc1ccc(CCN[C@@H](C)[C@@H](O)c2ccc(O)cc2)cc1. The zero-order valence-corrected chi connectivity index (χ0v) is 15.8. The van der Waals surface area contributed by atoms with Gasteiger partial charge in [-0.15, -0.1) is 0 Å². The van der Waals surface area contributed by atoms with Crippen LogP contribution in [0.1, 0.15) is 31.1 Å². The quantitative estimate of drug-likeness (QED) is 0.479. The number of aliphatic hydroxyl groups is 1. The Morgan fingerprint density at radius 1 is 1.11 bits per heavy atom. The Labute approximate surface area is 160 Å². The summed E-state index contributed by atoms with van der Waals surface area (Å²) in [7, 11) is 0. The molecule has 0 spiro atoms. The molecule has 0 unspecified atom stereocenters. The zero-order chi connectivity index (χ0) is 19.6. The molecule has 2 aromatic carbocycles. The minimum atomic E-state index is -0.639. The Bertz CT molecular complexity index is 701. The molecule has 0 aliphatic carbocycles. The Morgan fingerprint density at radius 3 is 2.41 bits per heavy atom. The third-order valence-electron chi connectivity index (χ3n) is 4.28. The average Bonchev–Trinajstić information content (AvgIpc) is 2.67. The molecule has 0 saturated heterocycles. The van der Waals surface area contributed by atoms with Crippen LogP contribution in [0, 0.1) is 0 Å². The fourth-order valence-corrected chi connectivity index (χ4v) is 2.69. The summed E-state index contributed by atoms with van der Waals surface area (Å²) in [5.41, 5.74) is 2.80. The van der Waals surface area contributed by atoms with Gasteiger partial charge in [-0.05, 0) is 62.2 Å². The number of anilines is 1. The number of carbonyl (C=O) groups is 1. The molecule has 0 fully saturated rings. The van der Waals surface area contributed by atoms with Gasteiger partial charge in [0, 0.05) is 11.7 Å². The van der Waals surface area contributed by atoms with Gasteiger partial charge in [-0.3, -0.25) is 4.79 Å². The van der Waals surface area contributed by atoms with Crippen LogP contribution >= 0.6 is 0 Å². The van der Waals surface area contributed by atoms with Crippen LogP contribution in [0.2, 0.25) is 0 Å². The van der Waals surface area contributed by atoms with Crippen LogP contribution in [0.15, 0.2) is 48.5 Å². The lowest BCUT2D eigenvalue weighted by molar-refractivity contribution is -0.140. The van der Waals surface area contributed by atoms with Gasteiger partial charge in [-0.2, -0.15) is 0 Å². The van der Waals surface area contributed by atoms with Crippen molar-refractivity contribution in [1.82, 2.24) is 5.32 Å². The van der Waals surface area contributed by atoms with E-state index in [1.54, 1.807) is 31.2 Å². The number of esters is 1. The highest BCUT2D eigenvalue weighted by atomic mass is 16.5. The van der Waals surface area contributed by atoms with E-state index in [0.29, 0.717) is 6.61 Å². The summed E-state index contributed by atoms with van der Waals surface area (Å²) in [6, 6.07) is 14.4. The van der Waals surface area contributed by atoms with Gasteiger partial charge in [0.2, 0.25) is 0 Å². The van der Waals surface area contributed by atoms with Gasteiger partial charge >= 0.3 is 5.97 Å². The fourth-order valence-electron chi connectivity index (χ4n) is 2.69. The highest BCUT2D eigenvalue weighted by molar-refractivity contribution is 5.74. The number of benzene rings is 2. The number of phenolic OH excluding ortho intramolecular Hbond substituents is 1. The second-order valence-electron chi connectivity index (χ2n) is 6.38. The first-order valence-corrected chi connectivity index (χ1v) is 9.18. The van der Waals surface area contributed by atoms with Gasteiger partial charge in [-0.25, -0.2) is 0 Å². The molecule has 0 aliphatic rings. The first-order chi connectivity index (χ1) is 13.0. The molecule has 0 aliphatic heterocycles. The molecule has 2 aromatic rings. The fraction of sp³-hybridized carbons (Fsp3) is 0.381. The van der Waals surface area contributed by atoms with Gasteiger partial charge in [-0.1, -0.05) is 24.3 Å². The van der Waals surface area contributed by atoms with Gasteiger partial charge in [0.1, 0.15) is 12.3 Å². The summed E-state index contributed by atoms with van der Waals surface area (Å²) >= 11 is 0. The predicted molar refractivity (Wildman–Crippen MR) is 106 cm³/mol. The number of rotatable bonds is 10. The maximum absolute atomic E-state index is 11.3. The molecule has 0 radical (unpaired) electrons. The van der Waals surface area contributed by atoms with E-state index >= 15 is 0 Å². The lowest BCUT2D eigenvalue weighted by atomic mass is 10.0. The van der Waals surface area contributed by atoms with E-state index in [0.717, 1.165) is 29.8 Å². The van der Waals surface area contributed by atoms with Gasteiger partial charge in [0.25, 0.3) is 0 Å². The van der Waals surface area contributed by atoms with Crippen molar-refractivity contribution >= 4 is 11.7 Å². The molecule has 0 amide bonds. The van der Waals surface area contributed by atoms with Crippen molar-refractivity contribution in [3.8, 4) is 5.75 Å². The van der Waals surface area contributed by atoms with E-state index in [4.69, 9.17) is 4.74 Å². The lowest BCUT2D eigenvalue weighted by Gasteiger charge is -2.21. The first kappa shape index (κ1) is 20.7. The number of carbonyl (C=O) groups excluding carboxylic acids is 1. The van der Waals surface area contributed by atoms with Crippen molar-refractivity contribution in [2.75, 3.05) is 25.0 Å².